The fourth-order valence-corrected chi connectivity index (χ4v) is 3.99. The van der Waals surface area contributed by atoms with Gasteiger partial charge in [0.1, 0.15) is 18.4 Å². The van der Waals surface area contributed by atoms with Crippen LogP contribution in [0.4, 0.5) is 15.8 Å². The van der Waals surface area contributed by atoms with Crippen LogP contribution in [-0.2, 0) is 26.2 Å². The molecule has 0 aliphatic carbocycles. The monoisotopic (exact) mass is 494 g/mol. The number of benzene rings is 2. The third-order valence-corrected chi connectivity index (χ3v) is 6.01. The average molecular weight is 495 g/mol. The molecule has 2 rings (SSSR count). The molecule has 1 N–H and O–H groups in total. The smallest absolute Gasteiger partial charge is 0.271 e. The summed E-state index contributed by atoms with van der Waals surface area (Å²) in [6.07, 6.45) is 0.873. The first-order valence-electron chi connectivity index (χ1n) is 10.4. The van der Waals surface area contributed by atoms with Crippen molar-refractivity contribution in [1.82, 2.24) is 10.2 Å². The molecule has 0 aromatic heterocycles. The molecule has 2 aromatic rings. The normalized spacial score (nSPS) is 12.2. The summed E-state index contributed by atoms with van der Waals surface area (Å²) < 4.78 is 39.0. The Morgan fingerprint density at radius 2 is 1.74 bits per heavy atom. The Bertz CT molecular complexity index is 1150. The van der Waals surface area contributed by atoms with Gasteiger partial charge in [-0.25, -0.2) is 12.8 Å². The number of nitro groups is 1. The number of rotatable bonds is 10. The topological polar surface area (TPSA) is 130 Å². The van der Waals surface area contributed by atoms with Crippen molar-refractivity contribution in [2.75, 3.05) is 17.1 Å². The van der Waals surface area contributed by atoms with Gasteiger partial charge < -0.3 is 10.2 Å². The maximum absolute atomic E-state index is 13.3. The van der Waals surface area contributed by atoms with Crippen molar-refractivity contribution in [1.29, 1.82) is 0 Å². The number of nitro benzene ring substituents is 1. The summed E-state index contributed by atoms with van der Waals surface area (Å²) in [6, 6.07) is 9.05. The second-order valence-corrected chi connectivity index (χ2v) is 9.94. The van der Waals surface area contributed by atoms with Crippen LogP contribution in [0.2, 0.25) is 0 Å². The Morgan fingerprint density at radius 3 is 2.26 bits per heavy atom. The lowest BCUT2D eigenvalue weighted by molar-refractivity contribution is -0.384. The Balaban J connectivity index is 2.42. The van der Waals surface area contributed by atoms with Crippen LogP contribution in [0.25, 0.3) is 0 Å². The van der Waals surface area contributed by atoms with Gasteiger partial charge in [0.15, 0.2) is 0 Å². The van der Waals surface area contributed by atoms with Gasteiger partial charge in [-0.05, 0) is 44.5 Å². The fourth-order valence-electron chi connectivity index (χ4n) is 3.15. The second-order valence-electron chi connectivity index (χ2n) is 8.03. The van der Waals surface area contributed by atoms with Gasteiger partial charge in [0.2, 0.25) is 21.8 Å². The Hall–Kier alpha value is -3.54. The minimum Gasteiger partial charge on any atom is -0.352 e. The van der Waals surface area contributed by atoms with E-state index in [1.54, 1.807) is 13.8 Å². The van der Waals surface area contributed by atoms with Gasteiger partial charge in [-0.1, -0.05) is 18.2 Å². The third kappa shape index (κ3) is 7.24. The highest BCUT2D eigenvalue weighted by molar-refractivity contribution is 7.92. The Labute approximate surface area is 197 Å². The van der Waals surface area contributed by atoms with Crippen LogP contribution in [0, 0.1) is 15.9 Å². The van der Waals surface area contributed by atoms with Crippen LogP contribution in [0.15, 0.2) is 48.5 Å². The van der Waals surface area contributed by atoms with E-state index in [1.165, 1.54) is 54.3 Å². The van der Waals surface area contributed by atoms with Crippen molar-refractivity contribution in [3.63, 3.8) is 0 Å². The van der Waals surface area contributed by atoms with Crippen LogP contribution in [-0.4, -0.2) is 54.9 Å². The molecule has 2 amide bonds. The van der Waals surface area contributed by atoms with E-state index in [0.717, 1.165) is 16.6 Å². The van der Waals surface area contributed by atoms with E-state index in [-0.39, 0.29) is 24.0 Å². The molecule has 0 saturated carbocycles. The molecular formula is C22H27FN4O6S. The minimum atomic E-state index is -4.02. The molecule has 0 aliphatic rings. The van der Waals surface area contributed by atoms with Crippen LogP contribution >= 0.6 is 0 Å². The summed E-state index contributed by atoms with van der Waals surface area (Å²) >= 11 is 0. The van der Waals surface area contributed by atoms with Crippen LogP contribution in [0.1, 0.15) is 26.3 Å². The van der Waals surface area contributed by atoms with E-state index >= 15 is 0 Å². The van der Waals surface area contributed by atoms with Gasteiger partial charge in [0, 0.05) is 24.7 Å². The first kappa shape index (κ1) is 26.7. The molecule has 0 aliphatic heterocycles. The number of carbonyl (C=O) groups is 2. The number of sulfonamides is 1. The number of anilines is 1. The summed E-state index contributed by atoms with van der Waals surface area (Å²) in [5.41, 5.74) is 0.123. The number of nitrogens with one attached hydrogen (secondary N) is 1. The van der Waals surface area contributed by atoms with Gasteiger partial charge in [-0.15, -0.1) is 0 Å². The Morgan fingerprint density at radius 1 is 1.12 bits per heavy atom. The zero-order valence-electron chi connectivity index (χ0n) is 19.3. The van der Waals surface area contributed by atoms with Crippen molar-refractivity contribution in [2.24, 2.45) is 0 Å². The van der Waals surface area contributed by atoms with Crippen molar-refractivity contribution in [3.05, 3.63) is 70.0 Å². The van der Waals surface area contributed by atoms with Gasteiger partial charge in [-0.2, -0.15) is 0 Å². The second kappa shape index (κ2) is 11.1. The van der Waals surface area contributed by atoms with Crippen molar-refractivity contribution in [3.8, 4) is 0 Å². The molecule has 0 radical (unpaired) electrons. The zero-order chi connectivity index (χ0) is 25.6. The predicted octanol–water partition coefficient (Wildman–Crippen LogP) is 2.44. The first-order chi connectivity index (χ1) is 15.8. The first-order valence-corrected chi connectivity index (χ1v) is 12.2. The number of halogens is 1. The molecule has 184 valence electrons. The summed E-state index contributed by atoms with van der Waals surface area (Å²) in [6.45, 7) is 4.23. The van der Waals surface area contributed by atoms with E-state index in [4.69, 9.17) is 0 Å². The maximum atomic E-state index is 13.3. The molecule has 34 heavy (non-hydrogen) atoms. The predicted molar refractivity (Wildman–Crippen MR) is 125 cm³/mol. The molecule has 10 nitrogen and oxygen atoms in total. The number of amides is 2. The number of non-ortho nitro benzene ring substituents is 1. The molecule has 0 saturated heterocycles. The molecule has 1 atom stereocenters. The van der Waals surface area contributed by atoms with Crippen LogP contribution < -0.4 is 9.62 Å². The third-order valence-electron chi connectivity index (χ3n) is 4.87. The van der Waals surface area contributed by atoms with E-state index < -0.39 is 45.2 Å². The molecule has 0 fully saturated rings. The highest BCUT2D eigenvalue weighted by atomic mass is 32.2. The van der Waals surface area contributed by atoms with E-state index in [9.17, 15) is 32.5 Å². The summed E-state index contributed by atoms with van der Waals surface area (Å²) in [5, 5.41) is 13.8. The number of hydrogen-bond acceptors (Lipinski definition) is 6. The van der Waals surface area contributed by atoms with E-state index in [2.05, 4.69) is 5.32 Å². The van der Waals surface area contributed by atoms with Crippen molar-refractivity contribution in [2.45, 2.75) is 39.4 Å². The lowest BCUT2D eigenvalue weighted by atomic mass is 10.1. The van der Waals surface area contributed by atoms with Crippen LogP contribution in [0.3, 0.4) is 0 Å². The largest absolute Gasteiger partial charge is 0.352 e. The highest BCUT2D eigenvalue weighted by Gasteiger charge is 2.30. The van der Waals surface area contributed by atoms with Gasteiger partial charge in [0.05, 0.1) is 16.9 Å². The lowest BCUT2D eigenvalue weighted by Crippen LogP contribution is -2.52. The fraction of sp³-hybridized carbons (Fsp3) is 0.364. The van der Waals surface area contributed by atoms with Gasteiger partial charge in [0.25, 0.3) is 5.69 Å². The van der Waals surface area contributed by atoms with Crippen LogP contribution in [0.5, 0.6) is 0 Å². The average Bonchev–Trinajstić information content (AvgIpc) is 2.75. The summed E-state index contributed by atoms with van der Waals surface area (Å²) in [4.78, 5) is 37.6. The molecule has 2 aromatic carbocycles. The van der Waals surface area contributed by atoms with Crippen molar-refractivity contribution >= 4 is 33.2 Å². The standard InChI is InChI=1S/C22H27FN4O6S/c1-15(2)24-22(29)16(3)25(13-17-8-10-18(23)11-9-17)21(28)14-26(34(4,32)33)19-6-5-7-20(12-19)27(30)31/h5-12,15-16H,13-14H2,1-4H3,(H,24,29)/t16-/m1/s1. The highest BCUT2D eigenvalue weighted by Crippen LogP contribution is 2.24. The molecular weight excluding hydrogens is 467 g/mol. The number of nitrogens with zero attached hydrogens (tertiary/aromatic N) is 3. The molecule has 0 bridgehead atoms. The molecule has 0 heterocycles. The SMILES string of the molecule is CC(C)NC(=O)[C@@H](C)N(Cc1ccc(F)cc1)C(=O)CN(c1cccc([N+](=O)[O-])c1)S(C)(=O)=O. The van der Waals surface area contributed by atoms with Crippen molar-refractivity contribution < 1.29 is 27.3 Å². The number of carbonyl (C=O) groups excluding carboxylic acids is 2. The summed E-state index contributed by atoms with van der Waals surface area (Å²) in [7, 11) is -4.02. The lowest BCUT2D eigenvalue weighted by Gasteiger charge is -2.31. The summed E-state index contributed by atoms with van der Waals surface area (Å²) in [5.74, 6) is -1.64. The number of hydrogen-bond donors (Lipinski definition) is 1. The van der Waals surface area contributed by atoms with Gasteiger partial charge in [-0.3, -0.25) is 24.0 Å². The Kier molecular flexibility index (Phi) is 8.68. The molecule has 0 unspecified atom stereocenters. The quantitative estimate of drug-likeness (QED) is 0.399. The van der Waals surface area contributed by atoms with E-state index in [0.29, 0.717) is 5.56 Å². The zero-order valence-corrected chi connectivity index (χ0v) is 20.1. The molecule has 12 heteroatoms. The van der Waals surface area contributed by atoms with E-state index in [1.807, 2.05) is 0 Å². The minimum absolute atomic E-state index is 0.0638. The maximum Gasteiger partial charge on any atom is 0.271 e. The molecule has 0 spiro atoms. The van der Waals surface area contributed by atoms with Gasteiger partial charge >= 0.3 is 0 Å².